The third kappa shape index (κ3) is 2.05. The molecule has 1 aliphatic carbocycles. The standard InChI is InChI=1S/C13H18N2O2/c1-15(17-2)12(16)13(7-3-4-8-13)11-6-5-9-14-10-11/h5-6,9-10H,3-4,7-8H2,1-2H3. The fourth-order valence-corrected chi connectivity index (χ4v) is 2.63. The van der Waals surface area contributed by atoms with Crippen molar-refractivity contribution >= 4 is 5.91 Å². The van der Waals surface area contributed by atoms with Crippen LogP contribution < -0.4 is 0 Å². The van der Waals surface area contributed by atoms with Gasteiger partial charge in [0.25, 0.3) is 5.91 Å². The number of aromatic nitrogens is 1. The summed E-state index contributed by atoms with van der Waals surface area (Å²) in [5, 5.41) is 1.33. The molecule has 0 spiro atoms. The lowest BCUT2D eigenvalue weighted by Gasteiger charge is -2.31. The van der Waals surface area contributed by atoms with E-state index >= 15 is 0 Å². The highest BCUT2D eigenvalue weighted by Crippen LogP contribution is 2.42. The second-order valence-electron chi connectivity index (χ2n) is 4.52. The van der Waals surface area contributed by atoms with E-state index in [4.69, 9.17) is 4.84 Å². The molecule has 2 rings (SSSR count). The zero-order valence-corrected chi connectivity index (χ0v) is 10.3. The van der Waals surface area contributed by atoms with Crippen molar-refractivity contribution < 1.29 is 9.63 Å². The molecule has 0 aromatic carbocycles. The summed E-state index contributed by atoms with van der Waals surface area (Å²) in [7, 11) is 3.18. The number of likely N-dealkylation sites (N-methyl/N-ethyl adjacent to an activating group) is 1. The van der Waals surface area contributed by atoms with Gasteiger partial charge in [0.1, 0.15) is 0 Å². The highest BCUT2D eigenvalue weighted by atomic mass is 16.7. The molecule has 1 heterocycles. The van der Waals surface area contributed by atoms with Crippen molar-refractivity contribution in [3.05, 3.63) is 30.1 Å². The normalized spacial score (nSPS) is 18.0. The van der Waals surface area contributed by atoms with Crippen LogP contribution in [0, 0.1) is 0 Å². The molecule has 1 aromatic heterocycles. The van der Waals surface area contributed by atoms with Crippen molar-refractivity contribution in [2.75, 3.05) is 14.2 Å². The van der Waals surface area contributed by atoms with Gasteiger partial charge < -0.3 is 0 Å². The Bertz CT molecular complexity index is 386. The first kappa shape index (κ1) is 12.0. The predicted octanol–water partition coefficient (Wildman–Crippen LogP) is 1.91. The van der Waals surface area contributed by atoms with Gasteiger partial charge >= 0.3 is 0 Å². The molecule has 0 atom stereocenters. The van der Waals surface area contributed by atoms with Gasteiger partial charge in [0.2, 0.25) is 0 Å². The van der Waals surface area contributed by atoms with Crippen LogP contribution in [0.3, 0.4) is 0 Å². The highest BCUT2D eigenvalue weighted by molar-refractivity contribution is 5.87. The third-order valence-corrected chi connectivity index (χ3v) is 3.64. The van der Waals surface area contributed by atoms with Gasteiger partial charge in [-0.2, -0.15) is 0 Å². The first-order chi connectivity index (χ1) is 8.20. The van der Waals surface area contributed by atoms with Crippen LogP contribution in [0.5, 0.6) is 0 Å². The van der Waals surface area contributed by atoms with Crippen LogP contribution >= 0.6 is 0 Å². The van der Waals surface area contributed by atoms with E-state index in [0.717, 1.165) is 31.2 Å². The predicted molar refractivity (Wildman–Crippen MR) is 64.2 cm³/mol. The molecule has 1 aliphatic rings. The Labute approximate surface area is 102 Å². The van der Waals surface area contributed by atoms with Gasteiger partial charge in [-0.05, 0) is 24.5 Å². The summed E-state index contributed by atoms with van der Waals surface area (Å²) in [6.07, 6.45) is 7.45. The van der Waals surface area contributed by atoms with Gasteiger partial charge in [0, 0.05) is 19.4 Å². The topological polar surface area (TPSA) is 42.4 Å². The monoisotopic (exact) mass is 234 g/mol. The number of hydrogen-bond donors (Lipinski definition) is 0. The Balaban J connectivity index is 2.37. The molecule has 0 unspecified atom stereocenters. The number of nitrogens with zero attached hydrogens (tertiary/aromatic N) is 2. The van der Waals surface area contributed by atoms with Crippen LogP contribution in [0.15, 0.2) is 24.5 Å². The Morgan fingerprint density at radius 2 is 2.18 bits per heavy atom. The van der Waals surface area contributed by atoms with Crippen LogP contribution in [-0.2, 0) is 15.0 Å². The Kier molecular flexibility index (Phi) is 3.43. The first-order valence-corrected chi connectivity index (χ1v) is 5.93. The average molecular weight is 234 g/mol. The molecule has 1 aromatic rings. The molecule has 4 heteroatoms. The molecule has 1 saturated carbocycles. The fourth-order valence-electron chi connectivity index (χ4n) is 2.63. The second kappa shape index (κ2) is 4.84. The van der Waals surface area contributed by atoms with E-state index in [9.17, 15) is 4.79 Å². The van der Waals surface area contributed by atoms with E-state index in [2.05, 4.69) is 4.98 Å². The smallest absolute Gasteiger partial charge is 0.256 e. The van der Waals surface area contributed by atoms with Crippen molar-refractivity contribution in [3.8, 4) is 0 Å². The number of pyridine rings is 1. The number of hydroxylamine groups is 2. The van der Waals surface area contributed by atoms with E-state index in [0.29, 0.717) is 0 Å². The first-order valence-electron chi connectivity index (χ1n) is 5.93. The van der Waals surface area contributed by atoms with Gasteiger partial charge in [-0.3, -0.25) is 14.6 Å². The minimum absolute atomic E-state index is 0.0329. The molecule has 92 valence electrons. The van der Waals surface area contributed by atoms with E-state index < -0.39 is 5.41 Å². The molecule has 0 aliphatic heterocycles. The molecular weight excluding hydrogens is 216 g/mol. The summed E-state index contributed by atoms with van der Waals surface area (Å²) >= 11 is 0. The number of amides is 1. The lowest BCUT2D eigenvalue weighted by Crippen LogP contribution is -2.43. The summed E-state index contributed by atoms with van der Waals surface area (Å²) in [5.41, 5.74) is 0.574. The number of hydrogen-bond acceptors (Lipinski definition) is 3. The minimum Gasteiger partial charge on any atom is -0.275 e. The summed E-state index contributed by atoms with van der Waals surface area (Å²) in [6.45, 7) is 0. The SMILES string of the molecule is CON(C)C(=O)C1(c2cccnc2)CCCC1. The van der Waals surface area contributed by atoms with E-state index in [-0.39, 0.29) is 5.91 Å². The van der Waals surface area contributed by atoms with Crippen LogP contribution in [0.4, 0.5) is 0 Å². The van der Waals surface area contributed by atoms with E-state index in [1.807, 2.05) is 12.1 Å². The third-order valence-electron chi connectivity index (χ3n) is 3.64. The number of carbonyl (C=O) groups excluding carboxylic acids is 1. The molecule has 1 fully saturated rings. The summed E-state index contributed by atoms with van der Waals surface area (Å²) in [5.74, 6) is 0.0329. The maximum atomic E-state index is 12.5. The molecular formula is C13H18N2O2. The van der Waals surface area contributed by atoms with E-state index in [1.165, 1.54) is 12.2 Å². The zero-order valence-electron chi connectivity index (χ0n) is 10.3. The Morgan fingerprint density at radius 1 is 1.47 bits per heavy atom. The fraction of sp³-hybridized carbons (Fsp3) is 0.538. The van der Waals surface area contributed by atoms with Gasteiger partial charge in [-0.15, -0.1) is 0 Å². The minimum atomic E-state index is -0.432. The largest absolute Gasteiger partial charge is 0.275 e. The summed E-state index contributed by atoms with van der Waals surface area (Å²) < 4.78 is 0. The van der Waals surface area contributed by atoms with Crippen molar-refractivity contribution in [3.63, 3.8) is 0 Å². The van der Waals surface area contributed by atoms with Crippen LogP contribution in [0.25, 0.3) is 0 Å². The van der Waals surface area contributed by atoms with Gasteiger partial charge in [-0.25, -0.2) is 5.06 Å². The second-order valence-corrected chi connectivity index (χ2v) is 4.52. The number of carbonyl (C=O) groups is 1. The molecule has 0 radical (unpaired) electrons. The highest BCUT2D eigenvalue weighted by Gasteiger charge is 2.44. The lowest BCUT2D eigenvalue weighted by atomic mass is 9.78. The maximum Gasteiger partial charge on any atom is 0.256 e. The molecule has 0 bridgehead atoms. The quantitative estimate of drug-likeness (QED) is 0.750. The van der Waals surface area contributed by atoms with Crippen LogP contribution in [0.1, 0.15) is 31.2 Å². The van der Waals surface area contributed by atoms with Gasteiger partial charge in [0.05, 0.1) is 12.5 Å². The molecule has 17 heavy (non-hydrogen) atoms. The number of rotatable bonds is 3. The lowest BCUT2D eigenvalue weighted by molar-refractivity contribution is -0.175. The average Bonchev–Trinajstić information content (AvgIpc) is 2.88. The van der Waals surface area contributed by atoms with Crippen molar-refractivity contribution in [1.29, 1.82) is 0 Å². The Morgan fingerprint density at radius 3 is 2.71 bits per heavy atom. The van der Waals surface area contributed by atoms with E-state index in [1.54, 1.807) is 19.4 Å². The maximum absolute atomic E-state index is 12.5. The molecule has 1 amide bonds. The summed E-state index contributed by atoms with van der Waals surface area (Å²) in [6, 6.07) is 3.87. The van der Waals surface area contributed by atoms with Crippen molar-refractivity contribution in [2.24, 2.45) is 0 Å². The molecule has 0 N–H and O–H groups in total. The van der Waals surface area contributed by atoms with Crippen LogP contribution in [0.2, 0.25) is 0 Å². The van der Waals surface area contributed by atoms with Crippen molar-refractivity contribution in [1.82, 2.24) is 10.0 Å². The summed E-state index contributed by atoms with van der Waals surface area (Å²) in [4.78, 5) is 21.6. The van der Waals surface area contributed by atoms with Gasteiger partial charge in [0.15, 0.2) is 0 Å². The van der Waals surface area contributed by atoms with Gasteiger partial charge in [-0.1, -0.05) is 18.9 Å². The van der Waals surface area contributed by atoms with Crippen molar-refractivity contribution in [2.45, 2.75) is 31.1 Å². The Hall–Kier alpha value is -1.42. The molecule has 4 nitrogen and oxygen atoms in total. The zero-order chi connectivity index (χ0) is 12.3. The van der Waals surface area contributed by atoms with Crippen LogP contribution in [-0.4, -0.2) is 30.1 Å². The molecule has 0 saturated heterocycles.